The average Bonchev–Trinajstić information content (AvgIpc) is 2.92. The molecule has 1 N–H and O–H groups in total. The number of furan rings is 1. The van der Waals surface area contributed by atoms with Crippen molar-refractivity contribution in [1.82, 2.24) is 4.98 Å². The molecule has 3 aromatic rings. The summed E-state index contributed by atoms with van der Waals surface area (Å²) in [6.45, 7) is 0.815. The van der Waals surface area contributed by atoms with Crippen LogP contribution in [0.2, 0.25) is 5.02 Å². The number of aromatic nitrogens is 1. The molecule has 0 spiro atoms. The van der Waals surface area contributed by atoms with Gasteiger partial charge in [0.2, 0.25) is 0 Å². The first-order valence-electron chi connectivity index (χ1n) is 6.13. The number of hydrogen-bond donors (Lipinski definition) is 1. The largest absolute Gasteiger partial charge is 0.469 e. The topological polar surface area (TPSA) is 38.1 Å². The van der Waals surface area contributed by atoms with E-state index in [2.05, 4.69) is 10.3 Å². The minimum atomic E-state index is 0.702. The first-order valence-corrected chi connectivity index (χ1v) is 6.51. The van der Waals surface area contributed by atoms with Crippen molar-refractivity contribution in [2.75, 3.05) is 11.9 Å². The zero-order chi connectivity index (χ0) is 13.1. The van der Waals surface area contributed by atoms with Gasteiger partial charge in [0.15, 0.2) is 0 Å². The van der Waals surface area contributed by atoms with Crippen molar-refractivity contribution in [2.24, 2.45) is 0 Å². The van der Waals surface area contributed by atoms with Crippen LogP contribution in [0, 0.1) is 0 Å². The highest BCUT2D eigenvalue weighted by molar-refractivity contribution is 6.31. The molecule has 3 rings (SSSR count). The molecule has 0 atom stereocenters. The van der Waals surface area contributed by atoms with Gasteiger partial charge in [-0.1, -0.05) is 11.6 Å². The van der Waals surface area contributed by atoms with Crippen LogP contribution in [-0.4, -0.2) is 11.5 Å². The number of fused-ring (bicyclic) bond motifs is 1. The zero-order valence-corrected chi connectivity index (χ0v) is 11.0. The molecule has 0 bridgehead atoms. The highest BCUT2D eigenvalue weighted by atomic mass is 35.5. The van der Waals surface area contributed by atoms with E-state index in [0.29, 0.717) is 5.02 Å². The molecule has 96 valence electrons. The Labute approximate surface area is 116 Å². The van der Waals surface area contributed by atoms with E-state index in [-0.39, 0.29) is 0 Å². The number of hydrogen-bond acceptors (Lipinski definition) is 3. The number of rotatable bonds is 4. The first-order chi connectivity index (χ1) is 9.33. The molecule has 3 nitrogen and oxygen atoms in total. The van der Waals surface area contributed by atoms with Crippen LogP contribution in [-0.2, 0) is 6.42 Å². The Hall–Kier alpha value is -2.00. The lowest BCUT2D eigenvalue weighted by molar-refractivity contribution is 0.513. The van der Waals surface area contributed by atoms with Gasteiger partial charge < -0.3 is 9.73 Å². The van der Waals surface area contributed by atoms with Crippen LogP contribution in [0.3, 0.4) is 0 Å². The monoisotopic (exact) mass is 272 g/mol. The third-order valence-electron chi connectivity index (χ3n) is 2.97. The Balaban J connectivity index is 1.77. The van der Waals surface area contributed by atoms with E-state index in [1.807, 2.05) is 36.4 Å². The van der Waals surface area contributed by atoms with E-state index in [1.54, 1.807) is 12.5 Å². The second-order valence-electron chi connectivity index (χ2n) is 4.28. The SMILES string of the molecule is Clc1ccc2c(NCCc3ccco3)ccnc2c1. The van der Waals surface area contributed by atoms with E-state index in [0.717, 1.165) is 35.3 Å². The average molecular weight is 273 g/mol. The van der Waals surface area contributed by atoms with Crippen molar-refractivity contribution in [3.05, 3.63) is 59.6 Å². The molecule has 4 heteroatoms. The molecule has 19 heavy (non-hydrogen) atoms. The Morgan fingerprint density at radius 3 is 3.00 bits per heavy atom. The minimum Gasteiger partial charge on any atom is -0.469 e. The fraction of sp³-hybridized carbons (Fsp3) is 0.133. The Morgan fingerprint density at radius 2 is 2.16 bits per heavy atom. The highest BCUT2D eigenvalue weighted by Gasteiger charge is 2.02. The molecule has 0 radical (unpaired) electrons. The predicted molar refractivity (Wildman–Crippen MR) is 77.7 cm³/mol. The van der Waals surface area contributed by atoms with E-state index in [9.17, 15) is 0 Å². The molecule has 2 heterocycles. The molecule has 0 saturated carbocycles. The van der Waals surface area contributed by atoms with Crippen molar-refractivity contribution < 1.29 is 4.42 Å². The number of halogens is 1. The van der Waals surface area contributed by atoms with Gasteiger partial charge >= 0.3 is 0 Å². The third-order valence-corrected chi connectivity index (χ3v) is 3.21. The summed E-state index contributed by atoms with van der Waals surface area (Å²) in [7, 11) is 0. The van der Waals surface area contributed by atoms with Crippen LogP contribution >= 0.6 is 11.6 Å². The summed E-state index contributed by atoms with van der Waals surface area (Å²) in [5.41, 5.74) is 1.96. The van der Waals surface area contributed by atoms with Gasteiger partial charge in [-0.2, -0.15) is 0 Å². The maximum Gasteiger partial charge on any atom is 0.105 e. The Bertz CT molecular complexity index is 680. The molecule has 0 saturated heterocycles. The van der Waals surface area contributed by atoms with Gasteiger partial charge in [0.25, 0.3) is 0 Å². The van der Waals surface area contributed by atoms with Crippen LogP contribution < -0.4 is 5.32 Å². The molecule has 0 aliphatic carbocycles. The second-order valence-corrected chi connectivity index (χ2v) is 4.71. The fourth-order valence-electron chi connectivity index (χ4n) is 2.05. The summed E-state index contributed by atoms with van der Waals surface area (Å²) in [5, 5.41) is 5.18. The van der Waals surface area contributed by atoms with Gasteiger partial charge in [0.1, 0.15) is 5.76 Å². The summed E-state index contributed by atoms with van der Waals surface area (Å²) in [6, 6.07) is 11.6. The lowest BCUT2D eigenvalue weighted by Gasteiger charge is -2.08. The van der Waals surface area contributed by atoms with Crippen LogP contribution in [0.4, 0.5) is 5.69 Å². The first kappa shape index (κ1) is 12.1. The van der Waals surface area contributed by atoms with Crippen molar-refractivity contribution in [2.45, 2.75) is 6.42 Å². The smallest absolute Gasteiger partial charge is 0.105 e. The summed E-state index contributed by atoms with van der Waals surface area (Å²) in [6.07, 6.45) is 4.33. The third kappa shape index (κ3) is 2.71. The molecule has 0 aliphatic rings. The molecule has 1 aromatic carbocycles. The second kappa shape index (κ2) is 5.33. The van der Waals surface area contributed by atoms with Crippen LogP contribution in [0.1, 0.15) is 5.76 Å². The highest BCUT2D eigenvalue weighted by Crippen LogP contribution is 2.24. The van der Waals surface area contributed by atoms with Crippen molar-refractivity contribution >= 4 is 28.2 Å². The predicted octanol–water partition coefficient (Wildman–Crippen LogP) is 4.14. The Morgan fingerprint density at radius 1 is 1.21 bits per heavy atom. The minimum absolute atomic E-state index is 0.702. The van der Waals surface area contributed by atoms with Gasteiger partial charge in [-0.15, -0.1) is 0 Å². The maximum atomic E-state index is 5.97. The lowest BCUT2D eigenvalue weighted by Crippen LogP contribution is -2.04. The van der Waals surface area contributed by atoms with E-state index >= 15 is 0 Å². The zero-order valence-electron chi connectivity index (χ0n) is 10.3. The summed E-state index contributed by atoms with van der Waals surface area (Å²) in [4.78, 5) is 4.32. The normalized spacial score (nSPS) is 10.8. The van der Waals surface area contributed by atoms with Gasteiger partial charge in [0, 0.05) is 35.3 Å². The van der Waals surface area contributed by atoms with E-state index < -0.39 is 0 Å². The fourth-order valence-corrected chi connectivity index (χ4v) is 2.22. The maximum absolute atomic E-state index is 5.97. The Kier molecular flexibility index (Phi) is 3.38. The van der Waals surface area contributed by atoms with Crippen molar-refractivity contribution in [1.29, 1.82) is 0 Å². The van der Waals surface area contributed by atoms with E-state index in [1.165, 1.54) is 0 Å². The summed E-state index contributed by atoms with van der Waals surface area (Å²) in [5.74, 6) is 0.980. The standard InChI is InChI=1S/C15H13ClN2O/c16-11-3-4-13-14(6-8-18-15(13)10-11)17-7-5-12-2-1-9-19-12/h1-4,6,8-10H,5,7H2,(H,17,18). The number of pyridine rings is 1. The van der Waals surface area contributed by atoms with Crippen molar-refractivity contribution in [3.63, 3.8) is 0 Å². The van der Waals surface area contributed by atoms with Gasteiger partial charge in [-0.25, -0.2) is 0 Å². The van der Waals surface area contributed by atoms with Crippen molar-refractivity contribution in [3.8, 4) is 0 Å². The summed E-state index contributed by atoms with van der Waals surface area (Å²) >= 11 is 5.97. The number of nitrogens with one attached hydrogen (secondary N) is 1. The number of benzene rings is 1. The molecule has 0 fully saturated rings. The van der Waals surface area contributed by atoms with Gasteiger partial charge in [0.05, 0.1) is 11.8 Å². The quantitative estimate of drug-likeness (QED) is 0.776. The van der Waals surface area contributed by atoms with Gasteiger partial charge in [-0.3, -0.25) is 4.98 Å². The molecule has 2 aromatic heterocycles. The molecule has 0 unspecified atom stereocenters. The number of anilines is 1. The van der Waals surface area contributed by atoms with Crippen LogP contribution in [0.15, 0.2) is 53.3 Å². The van der Waals surface area contributed by atoms with Crippen LogP contribution in [0.25, 0.3) is 10.9 Å². The van der Waals surface area contributed by atoms with Gasteiger partial charge in [-0.05, 0) is 36.4 Å². The summed E-state index contributed by atoms with van der Waals surface area (Å²) < 4.78 is 5.30. The molecular weight excluding hydrogens is 260 g/mol. The van der Waals surface area contributed by atoms with E-state index in [4.69, 9.17) is 16.0 Å². The molecular formula is C15H13ClN2O. The molecule has 0 aliphatic heterocycles. The molecule has 0 amide bonds. The van der Waals surface area contributed by atoms with Crippen LogP contribution in [0.5, 0.6) is 0 Å². The lowest BCUT2D eigenvalue weighted by atomic mass is 10.2. The number of nitrogens with zero attached hydrogens (tertiary/aromatic N) is 1.